The summed E-state index contributed by atoms with van der Waals surface area (Å²) in [5, 5.41) is 6.37. The van der Waals surface area contributed by atoms with Crippen molar-refractivity contribution in [1.29, 1.82) is 0 Å². The first-order valence-corrected chi connectivity index (χ1v) is 7.68. The highest BCUT2D eigenvalue weighted by atomic mass is 32.1. The van der Waals surface area contributed by atoms with Crippen molar-refractivity contribution in [2.75, 3.05) is 0 Å². The lowest BCUT2D eigenvalue weighted by Gasteiger charge is -2.20. The molecule has 1 heterocycles. The number of carbonyl (C=O) groups is 2. The topological polar surface area (TPSA) is 71.1 Å². The Balaban J connectivity index is 2.00. The molecule has 0 unspecified atom stereocenters. The predicted octanol–water partition coefficient (Wildman–Crippen LogP) is 2.07. The molecular formula is C15H19N3O2S. The van der Waals surface area contributed by atoms with E-state index < -0.39 is 6.04 Å². The molecule has 2 rings (SSSR count). The van der Waals surface area contributed by atoms with Crippen molar-refractivity contribution < 1.29 is 9.59 Å². The van der Waals surface area contributed by atoms with E-state index in [-0.39, 0.29) is 17.7 Å². The van der Waals surface area contributed by atoms with Crippen molar-refractivity contribution in [3.8, 4) is 0 Å². The van der Waals surface area contributed by atoms with Crippen LogP contribution >= 0.6 is 11.3 Å². The second kappa shape index (κ2) is 6.67. The number of nitrogens with zero attached hydrogens (tertiary/aromatic N) is 1. The Morgan fingerprint density at radius 2 is 2.00 bits per heavy atom. The fourth-order valence-corrected chi connectivity index (χ4v) is 2.93. The third kappa shape index (κ3) is 4.01. The van der Waals surface area contributed by atoms with Crippen LogP contribution in [0.2, 0.25) is 0 Å². The van der Waals surface area contributed by atoms with E-state index in [0.29, 0.717) is 6.54 Å². The molecule has 1 aromatic heterocycles. The molecule has 0 aliphatic rings. The van der Waals surface area contributed by atoms with Gasteiger partial charge in [0.1, 0.15) is 11.0 Å². The first kappa shape index (κ1) is 15.4. The smallest absolute Gasteiger partial charge is 0.243 e. The van der Waals surface area contributed by atoms with Gasteiger partial charge in [0.05, 0.1) is 16.8 Å². The van der Waals surface area contributed by atoms with Gasteiger partial charge in [-0.2, -0.15) is 0 Å². The molecule has 2 amide bonds. The van der Waals surface area contributed by atoms with Crippen LogP contribution in [0, 0.1) is 5.92 Å². The number of fused-ring (bicyclic) bond motifs is 1. The van der Waals surface area contributed by atoms with Crippen LogP contribution in [0.3, 0.4) is 0 Å². The third-order valence-electron chi connectivity index (χ3n) is 3.06. The van der Waals surface area contributed by atoms with Gasteiger partial charge in [-0.3, -0.25) is 9.59 Å². The number of rotatable bonds is 5. The van der Waals surface area contributed by atoms with E-state index in [0.717, 1.165) is 15.2 Å². The number of nitrogens with one attached hydrogen (secondary N) is 2. The Labute approximate surface area is 127 Å². The zero-order valence-electron chi connectivity index (χ0n) is 12.3. The van der Waals surface area contributed by atoms with Gasteiger partial charge in [0, 0.05) is 6.92 Å². The van der Waals surface area contributed by atoms with Gasteiger partial charge in [-0.05, 0) is 18.1 Å². The largest absolute Gasteiger partial charge is 0.348 e. The highest BCUT2D eigenvalue weighted by molar-refractivity contribution is 7.18. The fraction of sp³-hybridized carbons (Fsp3) is 0.400. The molecule has 0 saturated heterocycles. The summed E-state index contributed by atoms with van der Waals surface area (Å²) in [4.78, 5) is 27.8. The van der Waals surface area contributed by atoms with E-state index >= 15 is 0 Å². The van der Waals surface area contributed by atoms with Gasteiger partial charge in [-0.1, -0.05) is 26.0 Å². The minimum atomic E-state index is -0.517. The maximum absolute atomic E-state index is 12.2. The first-order chi connectivity index (χ1) is 9.97. The lowest BCUT2D eigenvalue weighted by atomic mass is 10.0. The van der Waals surface area contributed by atoms with E-state index in [1.54, 1.807) is 11.3 Å². The van der Waals surface area contributed by atoms with Crippen LogP contribution < -0.4 is 10.6 Å². The Bertz CT molecular complexity index is 618. The van der Waals surface area contributed by atoms with E-state index in [2.05, 4.69) is 15.6 Å². The summed E-state index contributed by atoms with van der Waals surface area (Å²) in [7, 11) is 0. The van der Waals surface area contributed by atoms with Gasteiger partial charge in [-0.25, -0.2) is 4.98 Å². The van der Waals surface area contributed by atoms with Crippen LogP contribution in [0.4, 0.5) is 0 Å². The molecule has 21 heavy (non-hydrogen) atoms. The molecule has 5 nitrogen and oxygen atoms in total. The minimum absolute atomic E-state index is 0.0317. The van der Waals surface area contributed by atoms with Crippen molar-refractivity contribution in [2.45, 2.75) is 33.4 Å². The maximum atomic E-state index is 12.2. The number of amides is 2. The van der Waals surface area contributed by atoms with Crippen LogP contribution in [0.25, 0.3) is 10.2 Å². The fourth-order valence-electron chi connectivity index (χ4n) is 2.02. The zero-order chi connectivity index (χ0) is 15.4. The molecule has 0 bridgehead atoms. The molecule has 1 aromatic carbocycles. The minimum Gasteiger partial charge on any atom is -0.348 e. The molecule has 2 aromatic rings. The monoisotopic (exact) mass is 305 g/mol. The molecule has 0 saturated carbocycles. The molecule has 1 atom stereocenters. The molecule has 0 spiro atoms. The van der Waals surface area contributed by atoms with E-state index in [4.69, 9.17) is 0 Å². The maximum Gasteiger partial charge on any atom is 0.243 e. The Hall–Kier alpha value is -1.95. The highest BCUT2D eigenvalue weighted by Gasteiger charge is 2.22. The normalized spacial score (nSPS) is 12.4. The second-order valence-corrected chi connectivity index (χ2v) is 6.33. The van der Waals surface area contributed by atoms with Crippen LogP contribution in [-0.2, 0) is 16.1 Å². The van der Waals surface area contributed by atoms with Gasteiger partial charge in [0.2, 0.25) is 11.8 Å². The van der Waals surface area contributed by atoms with Crippen LogP contribution in [0.1, 0.15) is 25.8 Å². The molecule has 0 aliphatic heterocycles. The SMILES string of the molecule is CC(=O)N[C@H](C(=O)NCc1nc2ccccc2s1)C(C)C. The standard InChI is InChI=1S/C15H19N3O2S/c1-9(2)14(17-10(3)19)15(20)16-8-13-18-11-6-4-5-7-12(11)21-13/h4-7,9,14H,8H2,1-3H3,(H,16,20)(H,17,19)/t14-/m0/s1. The van der Waals surface area contributed by atoms with Crippen molar-refractivity contribution in [3.05, 3.63) is 29.3 Å². The van der Waals surface area contributed by atoms with Crippen molar-refractivity contribution in [2.24, 2.45) is 5.92 Å². The number of benzene rings is 1. The van der Waals surface area contributed by atoms with E-state index in [1.165, 1.54) is 6.92 Å². The molecule has 0 fully saturated rings. The lowest BCUT2D eigenvalue weighted by Crippen LogP contribution is -2.48. The van der Waals surface area contributed by atoms with Crippen LogP contribution in [0.5, 0.6) is 0 Å². The molecule has 2 N–H and O–H groups in total. The van der Waals surface area contributed by atoms with Gasteiger partial charge < -0.3 is 10.6 Å². The Kier molecular flexibility index (Phi) is 4.90. The number of thiazole rings is 1. The zero-order valence-corrected chi connectivity index (χ0v) is 13.2. The number of para-hydroxylation sites is 1. The van der Waals surface area contributed by atoms with Gasteiger partial charge >= 0.3 is 0 Å². The molecule has 6 heteroatoms. The Morgan fingerprint density at radius 1 is 1.29 bits per heavy atom. The first-order valence-electron chi connectivity index (χ1n) is 6.86. The third-order valence-corrected chi connectivity index (χ3v) is 4.10. The summed E-state index contributed by atoms with van der Waals surface area (Å²) in [5.74, 6) is -0.354. The van der Waals surface area contributed by atoms with Crippen molar-refractivity contribution in [1.82, 2.24) is 15.6 Å². The average Bonchev–Trinajstić information content (AvgIpc) is 2.84. The van der Waals surface area contributed by atoms with Crippen LogP contribution in [-0.4, -0.2) is 22.8 Å². The number of hydrogen-bond donors (Lipinski definition) is 2. The number of carbonyl (C=O) groups excluding carboxylic acids is 2. The number of hydrogen-bond acceptors (Lipinski definition) is 4. The average molecular weight is 305 g/mol. The van der Waals surface area contributed by atoms with Crippen molar-refractivity contribution in [3.63, 3.8) is 0 Å². The number of aromatic nitrogens is 1. The van der Waals surface area contributed by atoms with E-state index in [9.17, 15) is 9.59 Å². The molecule has 112 valence electrons. The van der Waals surface area contributed by atoms with Crippen molar-refractivity contribution >= 4 is 33.4 Å². The predicted molar refractivity (Wildman–Crippen MR) is 83.9 cm³/mol. The summed E-state index contributed by atoms with van der Waals surface area (Å²) in [6.45, 7) is 5.59. The van der Waals surface area contributed by atoms with Gasteiger partial charge in [0.15, 0.2) is 0 Å². The summed E-state index contributed by atoms with van der Waals surface area (Å²) in [6, 6.07) is 7.35. The highest BCUT2D eigenvalue weighted by Crippen LogP contribution is 2.21. The van der Waals surface area contributed by atoms with Gasteiger partial charge in [0.25, 0.3) is 0 Å². The summed E-state index contributed by atoms with van der Waals surface area (Å²) in [6.07, 6.45) is 0. The molecular weight excluding hydrogens is 286 g/mol. The summed E-state index contributed by atoms with van der Waals surface area (Å²) in [5.41, 5.74) is 0.939. The quantitative estimate of drug-likeness (QED) is 0.888. The Morgan fingerprint density at radius 3 is 2.62 bits per heavy atom. The molecule has 0 radical (unpaired) electrons. The van der Waals surface area contributed by atoms with Gasteiger partial charge in [-0.15, -0.1) is 11.3 Å². The van der Waals surface area contributed by atoms with E-state index in [1.807, 2.05) is 38.1 Å². The molecule has 0 aliphatic carbocycles. The lowest BCUT2D eigenvalue weighted by molar-refractivity contribution is -0.129. The second-order valence-electron chi connectivity index (χ2n) is 5.22. The van der Waals surface area contributed by atoms with Crippen LogP contribution in [0.15, 0.2) is 24.3 Å². The summed E-state index contributed by atoms with van der Waals surface area (Å²) < 4.78 is 1.10. The summed E-state index contributed by atoms with van der Waals surface area (Å²) >= 11 is 1.56.